The van der Waals surface area contributed by atoms with E-state index in [9.17, 15) is 4.79 Å². The molecule has 0 amide bonds. The fraction of sp³-hybridized carbons (Fsp3) is 0.750. The summed E-state index contributed by atoms with van der Waals surface area (Å²) >= 11 is 1.85. The third-order valence-electron chi connectivity index (χ3n) is 8.86. The van der Waals surface area contributed by atoms with Gasteiger partial charge in [-0.2, -0.15) is 11.8 Å². The monoisotopic (exact) mass is 678 g/mol. The predicted octanol–water partition coefficient (Wildman–Crippen LogP) is 7.60. The summed E-state index contributed by atoms with van der Waals surface area (Å²) in [6.45, 7) is 8.87. The van der Waals surface area contributed by atoms with Gasteiger partial charge in [0.25, 0.3) is 0 Å². The molecule has 0 bridgehead atoms. The van der Waals surface area contributed by atoms with Crippen LogP contribution in [0.1, 0.15) is 75.3 Å². The molecule has 0 spiro atoms. The van der Waals surface area contributed by atoms with Crippen LogP contribution in [-0.2, 0) is 45.9 Å². The highest BCUT2D eigenvalue weighted by Gasteiger charge is 2.45. The van der Waals surface area contributed by atoms with E-state index < -0.39 is 14.3 Å². The third kappa shape index (κ3) is 13.3. The van der Waals surface area contributed by atoms with E-state index in [0.717, 1.165) is 88.1 Å². The lowest BCUT2D eigenvalue weighted by Crippen LogP contribution is -2.35. The van der Waals surface area contributed by atoms with Crippen molar-refractivity contribution in [3.8, 4) is 0 Å². The van der Waals surface area contributed by atoms with E-state index in [1.165, 1.54) is 5.56 Å². The van der Waals surface area contributed by atoms with Crippen LogP contribution in [0, 0.1) is 11.8 Å². The Morgan fingerprint density at radius 3 is 2.46 bits per heavy atom. The highest BCUT2D eigenvalue weighted by Crippen LogP contribution is 2.42. The number of thioether (sulfide) groups is 1. The maximum atomic E-state index is 11.0. The second-order valence-corrected chi connectivity index (χ2v) is 19.6. The summed E-state index contributed by atoms with van der Waals surface area (Å²) in [7, 11) is -0.0938. The molecule has 1 saturated carbocycles. The van der Waals surface area contributed by atoms with E-state index in [1.54, 1.807) is 7.11 Å². The van der Waals surface area contributed by atoms with Crippen molar-refractivity contribution in [3.63, 3.8) is 0 Å². The lowest BCUT2D eigenvalue weighted by Gasteiger charge is -2.31. The molecule has 1 aromatic carbocycles. The van der Waals surface area contributed by atoms with Crippen LogP contribution >= 0.6 is 11.8 Å². The Morgan fingerprint density at radius 1 is 1.04 bits per heavy atom. The smallest absolute Gasteiger partial charge is 0.303 e. The van der Waals surface area contributed by atoms with Gasteiger partial charge in [0.05, 0.1) is 24.9 Å². The van der Waals surface area contributed by atoms with E-state index in [-0.39, 0.29) is 43.2 Å². The Bertz CT molecular complexity index is 1050. The van der Waals surface area contributed by atoms with Crippen molar-refractivity contribution in [2.24, 2.45) is 11.8 Å². The number of aliphatic carboxylic acids is 1. The molecule has 260 valence electrons. The number of rotatable bonds is 19. The molecule has 2 heterocycles. The largest absolute Gasteiger partial charge is 0.481 e. The van der Waals surface area contributed by atoms with Gasteiger partial charge >= 0.3 is 5.97 Å². The molecule has 4 rings (SSSR count). The number of benzene rings is 1. The molecule has 2 unspecified atom stereocenters. The number of ether oxygens (including phenoxy) is 5. The molecular weight excluding hydrogens is 621 g/mol. The van der Waals surface area contributed by atoms with Crippen LogP contribution < -0.4 is 0 Å². The third-order valence-corrected chi connectivity index (χ3v) is 11.0. The Morgan fingerprint density at radius 2 is 1.78 bits per heavy atom. The molecule has 2 saturated heterocycles. The maximum Gasteiger partial charge on any atom is 0.303 e. The number of carbonyl (C=O) groups is 1. The first kappa shape index (κ1) is 37.6. The molecule has 0 aromatic heterocycles. The van der Waals surface area contributed by atoms with Crippen LogP contribution in [-0.4, -0.2) is 82.1 Å². The summed E-state index contributed by atoms with van der Waals surface area (Å²) in [5.41, 5.74) is 2.37. The maximum absolute atomic E-state index is 11.0. The van der Waals surface area contributed by atoms with E-state index in [2.05, 4.69) is 56.1 Å². The topological polar surface area (TPSA) is 92.7 Å². The van der Waals surface area contributed by atoms with Gasteiger partial charge in [-0.3, -0.25) is 4.79 Å². The van der Waals surface area contributed by atoms with Gasteiger partial charge in [-0.05, 0) is 106 Å². The van der Waals surface area contributed by atoms with E-state index in [4.69, 9.17) is 33.2 Å². The highest BCUT2D eigenvalue weighted by atomic mass is 32.2. The van der Waals surface area contributed by atoms with Gasteiger partial charge in [-0.25, -0.2) is 0 Å². The number of methoxy groups -OCH3 is 1. The first-order valence-electron chi connectivity index (χ1n) is 17.5. The first-order chi connectivity index (χ1) is 22.2. The summed E-state index contributed by atoms with van der Waals surface area (Å²) in [5, 5.41) is 9.04. The molecule has 1 aromatic rings. The summed E-state index contributed by atoms with van der Waals surface area (Å²) < 4.78 is 37.7. The number of hydrogen-bond donors (Lipinski definition) is 1. The second-order valence-electron chi connectivity index (χ2n) is 13.9. The van der Waals surface area contributed by atoms with Crippen molar-refractivity contribution in [1.29, 1.82) is 0 Å². The fourth-order valence-electron chi connectivity index (χ4n) is 6.80. The summed E-state index contributed by atoms with van der Waals surface area (Å²) in [6, 6.07) is 8.56. The molecule has 1 aliphatic carbocycles. The standard InChI is InChI=1S/C36H58O8SSi/c1-39-26-28-12-9-11-27(23-28)24-29(42-35-14-5-7-19-40-35)16-17-30-31(18-22-45-21-10-13-34(37)38)33(44-46(2,3)4)25-32(30)43-36-15-6-8-20-41-36/h9,11-12,16-17,23,29-33,35-36H,5-8,10,13-15,18-22,24-26H2,1-4H3,(H,37,38)/t29-,30-,31-,32-,33+,35?,36?/m1/s1. The van der Waals surface area contributed by atoms with E-state index >= 15 is 0 Å². The van der Waals surface area contributed by atoms with Crippen LogP contribution in [0.2, 0.25) is 19.6 Å². The summed E-state index contributed by atoms with van der Waals surface area (Å²) in [6.07, 6.45) is 14.0. The van der Waals surface area contributed by atoms with Crippen molar-refractivity contribution in [1.82, 2.24) is 0 Å². The Hall–Kier alpha value is -1.24. The lowest BCUT2D eigenvalue weighted by atomic mass is 9.90. The zero-order valence-corrected chi connectivity index (χ0v) is 30.3. The highest BCUT2D eigenvalue weighted by molar-refractivity contribution is 7.99. The number of carboxylic acid groups (broad SMARTS) is 1. The minimum Gasteiger partial charge on any atom is -0.481 e. The predicted molar refractivity (Wildman–Crippen MR) is 186 cm³/mol. The summed E-state index contributed by atoms with van der Waals surface area (Å²) in [5.74, 6) is 1.55. The molecule has 2 aliphatic heterocycles. The Balaban J connectivity index is 1.55. The van der Waals surface area contributed by atoms with Crippen LogP contribution in [0.25, 0.3) is 0 Å². The second kappa shape index (κ2) is 19.7. The van der Waals surface area contributed by atoms with Crippen molar-refractivity contribution >= 4 is 26.0 Å². The molecular formula is C36H58O8SSi. The minimum absolute atomic E-state index is 0.000628. The molecule has 8 nitrogen and oxygen atoms in total. The van der Waals surface area contributed by atoms with Crippen molar-refractivity contribution < 1.29 is 38.0 Å². The fourth-order valence-corrected chi connectivity index (χ4v) is 8.97. The van der Waals surface area contributed by atoms with Gasteiger partial charge in [0.15, 0.2) is 20.9 Å². The quantitative estimate of drug-likeness (QED) is 0.0902. The van der Waals surface area contributed by atoms with Crippen molar-refractivity contribution in [2.75, 3.05) is 31.8 Å². The van der Waals surface area contributed by atoms with Gasteiger partial charge in [-0.15, -0.1) is 0 Å². The molecule has 3 aliphatic rings. The summed E-state index contributed by atoms with van der Waals surface area (Å²) in [4.78, 5) is 11.0. The minimum atomic E-state index is -1.82. The van der Waals surface area contributed by atoms with E-state index in [0.29, 0.717) is 18.9 Å². The van der Waals surface area contributed by atoms with Gasteiger partial charge < -0.3 is 33.2 Å². The first-order valence-corrected chi connectivity index (χ1v) is 22.0. The van der Waals surface area contributed by atoms with Gasteiger partial charge in [0.1, 0.15) is 0 Å². The molecule has 0 radical (unpaired) electrons. The van der Waals surface area contributed by atoms with Crippen LogP contribution in [0.15, 0.2) is 36.4 Å². The average molecular weight is 679 g/mol. The molecule has 46 heavy (non-hydrogen) atoms. The molecule has 10 heteroatoms. The van der Waals surface area contributed by atoms with Gasteiger partial charge in [0, 0.05) is 39.1 Å². The zero-order chi connectivity index (χ0) is 32.8. The van der Waals surface area contributed by atoms with Crippen LogP contribution in [0.5, 0.6) is 0 Å². The van der Waals surface area contributed by atoms with Crippen LogP contribution in [0.4, 0.5) is 0 Å². The zero-order valence-electron chi connectivity index (χ0n) is 28.5. The Labute approximate surface area is 282 Å². The van der Waals surface area contributed by atoms with E-state index in [1.807, 2.05) is 11.8 Å². The van der Waals surface area contributed by atoms with Crippen LogP contribution in [0.3, 0.4) is 0 Å². The lowest BCUT2D eigenvalue weighted by molar-refractivity contribution is -0.193. The van der Waals surface area contributed by atoms with Gasteiger partial charge in [-0.1, -0.05) is 36.4 Å². The van der Waals surface area contributed by atoms with Crippen molar-refractivity contribution in [3.05, 3.63) is 47.5 Å². The van der Waals surface area contributed by atoms with Crippen molar-refractivity contribution in [2.45, 2.75) is 128 Å². The molecule has 3 fully saturated rings. The number of carboxylic acids is 1. The number of hydrogen-bond acceptors (Lipinski definition) is 8. The average Bonchev–Trinajstić information content (AvgIpc) is 3.32. The van der Waals surface area contributed by atoms with Gasteiger partial charge in [0.2, 0.25) is 0 Å². The molecule has 7 atom stereocenters. The normalized spacial score (nSPS) is 28.1. The SMILES string of the molecule is COCc1cccc(C[C@@H](C=C[C@@H]2[C@@H](CCSCCCC(=O)O)[C@@H](O[Si](C)(C)C)C[C@H]2OC2CCCCO2)OC2CCCCO2)c1. The molecule has 1 N–H and O–H groups in total. The Kier molecular flexibility index (Phi) is 16.1.